The first kappa shape index (κ1) is 12.3. The number of halogens is 1. The first-order valence-electron chi connectivity index (χ1n) is 5.75. The minimum Gasteiger partial charge on any atom is -0.496 e. The molecule has 94 valence electrons. The molecule has 4 heteroatoms. The van der Waals surface area contributed by atoms with Crippen LogP contribution in [0.1, 0.15) is 18.4 Å². The normalized spacial score (nSPS) is 24.6. The fourth-order valence-corrected chi connectivity index (χ4v) is 2.22. The summed E-state index contributed by atoms with van der Waals surface area (Å²) in [5.74, 6) is 0.284. The molecular formula is C13H17FO3. The van der Waals surface area contributed by atoms with Crippen LogP contribution in [0.25, 0.3) is 0 Å². The number of aliphatic hydroxyl groups is 1. The minimum atomic E-state index is -0.903. The monoisotopic (exact) mass is 240 g/mol. The van der Waals surface area contributed by atoms with E-state index in [-0.39, 0.29) is 5.82 Å². The van der Waals surface area contributed by atoms with E-state index in [0.29, 0.717) is 37.4 Å². The lowest BCUT2D eigenvalue weighted by molar-refractivity contribution is -0.0847. The Bertz CT molecular complexity index is 386. The van der Waals surface area contributed by atoms with Crippen LogP contribution >= 0.6 is 0 Å². The molecule has 0 saturated carbocycles. The van der Waals surface area contributed by atoms with E-state index in [1.54, 1.807) is 6.07 Å². The molecule has 0 spiro atoms. The van der Waals surface area contributed by atoms with Gasteiger partial charge in [-0.2, -0.15) is 0 Å². The molecule has 1 aromatic carbocycles. The molecule has 1 aliphatic heterocycles. The molecule has 1 fully saturated rings. The number of hydrogen-bond acceptors (Lipinski definition) is 3. The standard InChI is InChI=1S/C13H17FO3/c1-16-12-4-3-11(14)7-10(12)8-13(15)5-2-6-17-9-13/h3-4,7,15H,2,5-6,8-9H2,1H3. The van der Waals surface area contributed by atoms with Crippen molar-refractivity contribution in [3.63, 3.8) is 0 Å². The van der Waals surface area contributed by atoms with Crippen molar-refractivity contribution in [1.82, 2.24) is 0 Å². The Balaban J connectivity index is 2.19. The van der Waals surface area contributed by atoms with Gasteiger partial charge in [0.25, 0.3) is 0 Å². The van der Waals surface area contributed by atoms with Crippen LogP contribution in [0.4, 0.5) is 4.39 Å². The third-order valence-electron chi connectivity index (χ3n) is 3.06. The van der Waals surface area contributed by atoms with E-state index in [1.165, 1.54) is 19.2 Å². The minimum absolute atomic E-state index is 0.298. The molecule has 17 heavy (non-hydrogen) atoms. The Morgan fingerprint density at radius 2 is 2.35 bits per heavy atom. The fraction of sp³-hybridized carbons (Fsp3) is 0.538. The zero-order valence-electron chi connectivity index (χ0n) is 9.91. The topological polar surface area (TPSA) is 38.7 Å². The van der Waals surface area contributed by atoms with Gasteiger partial charge in [-0.1, -0.05) is 0 Å². The summed E-state index contributed by atoms with van der Waals surface area (Å²) >= 11 is 0. The first-order valence-corrected chi connectivity index (χ1v) is 5.75. The van der Waals surface area contributed by atoms with Crippen molar-refractivity contribution in [3.8, 4) is 5.75 Å². The van der Waals surface area contributed by atoms with Gasteiger partial charge in [-0.3, -0.25) is 0 Å². The summed E-state index contributed by atoms with van der Waals surface area (Å²) in [6.45, 7) is 0.981. The zero-order valence-corrected chi connectivity index (χ0v) is 9.91. The maximum atomic E-state index is 13.2. The Labute approximate surface area is 100 Å². The van der Waals surface area contributed by atoms with Gasteiger partial charge in [-0.05, 0) is 36.6 Å². The average molecular weight is 240 g/mol. The summed E-state index contributed by atoms with van der Waals surface area (Å²) in [5.41, 5.74) is -0.222. The summed E-state index contributed by atoms with van der Waals surface area (Å²) in [5, 5.41) is 10.3. The van der Waals surface area contributed by atoms with Crippen LogP contribution in [0.2, 0.25) is 0 Å². The number of benzene rings is 1. The van der Waals surface area contributed by atoms with Gasteiger partial charge in [0.05, 0.1) is 19.3 Å². The quantitative estimate of drug-likeness (QED) is 0.877. The number of hydrogen-bond donors (Lipinski definition) is 1. The molecule has 1 N–H and O–H groups in total. The highest BCUT2D eigenvalue weighted by atomic mass is 19.1. The molecule has 0 radical (unpaired) electrons. The summed E-state index contributed by atoms with van der Waals surface area (Å²) in [4.78, 5) is 0. The van der Waals surface area contributed by atoms with E-state index >= 15 is 0 Å². The highest BCUT2D eigenvalue weighted by Crippen LogP contribution is 2.28. The number of ether oxygens (including phenoxy) is 2. The van der Waals surface area contributed by atoms with E-state index in [4.69, 9.17) is 9.47 Å². The van der Waals surface area contributed by atoms with Crippen LogP contribution in [-0.2, 0) is 11.2 Å². The lowest BCUT2D eigenvalue weighted by Gasteiger charge is -2.32. The van der Waals surface area contributed by atoms with E-state index in [2.05, 4.69) is 0 Å². The van der Waals surface area contributed by atoms with E-state index < -0.39 is 5.60 Å². The molecular weight excluding hydrogens is 223 g/mol. The van der Waals surface area contributed by atoms with Gasteiger partial charge >= 0.3 is 0 Å². The maximum Gasteiger partial charge on any atom is 0.123 e. The molecule has 3 nitrogen and oxygen atoms in total. The predicted molar refractivity (Wildman–Crippen MR) is 61.7 cm³/mol. The van der Waals surface area contributed by atoms with Crippen molar-refractivity contribution in [3.05, 3.63) is 29.6 Å². The lowest BCUT2D eigenvalue weighted by Crippen LogP contribution is -2.40. The van der Waals surface area contributed by atoms with Gasteiger partial charge < -0.3 is 14.6 Å². The van der Waals surface area contributed by atoms with Crippen molar-refractivity contribution in [2.45, 2.75) is 24.9 Å². The van der Waals surface area contributed by atoms with E-state index in [1.807, 2.05) is 0 Å². The molecule has 0 aliphatic carbocycles. The molecule has 1 atom stereocenters. The van der Waals surface area contributed by atoms with Crippen LogP contribution in [-0.4, -0.2) is 31.0 Å². The largest absolute Gasteiger partial charge is 0.496 e. The van der Waals surface area contributed by atoms with Crippen LogP contribution in [0.15, 0.2) is 18.2 Å². The Kier molecular flexibility index (Phi) is 3.64. The second kappa shape index (κ2) is 5.02. The molecule has 2 rings (SSSR count). The lowest BCUT2D eigenvalue weighted by atomic mass is 9.89. The summed E-state index contributed by atoms with van der Waals surface area (Å²) in [6.07, 6.45) is 1.86. The van der Waals surface area contributed by atoms with Gasteiger partial charge in [-0.15, -0.1) is 0 Å². The van der Waals surface area contributed by atoms with Crippen LogP contribution in [0, 0.1) is 5.82 Å². The average Bonchev–Trinajstić information content (AvgIpc) is 2.29. The van der Waals surface area contributed by atoms with Crippen molar-refractivity contribution >= 4 is 0 Å². The van der Waals surface area contributed by atoms with Crippen molar-refractivity contribution < 1.29 is 19.0 Å². The maximum absolute atomic E-state index is 13.2. The van der Waals surface area contributed by atoms with Crippen LogP contribution in [0.5, 0.6) is 5.75 Å². The summed E-state index contributed by atoms with van der Waals surface area (Å²) in [6, 6.07) is 4.34. The zero-order chi connectivity index (χ0) is 12.3. The second-order valence-corrected chi connectivity index (χ2v) is 4.51. The molecule has 1 aromatic rings. The molecule has 0 bridgehead atoms. The highest BCUT2D eigenvalue weighted by molar-refractivity contribution is 5.35. The molecule has 1 heterocycles. The van der Waals surface area contributed by atoms with Crippen LogP contribution in [0.3, 0.4) is 0 Å². The van der Waals surface area contributed by atoms with Crippen molar-refractivity contribution in [2.75, 3.05) is 20.3 Å². The third kappa shape index (κ3) is 2.96. The fourth-order valence-electron chi connectivity index (χ4n) is 2.22. The molecule has 0 amide bonds. The Morgan fingerprint density at radius 3 is 3.00 bits per heavy atom. The smallest absolute Gasteiger partial charge is 0.123 e. The summed E-state index contributed by atoms with van der Waals surface area (Å²) in [7, 11) is 1.54. The predicted octanol–water partition coefficient (Wildman–Crippen LogP) is 1.92. The molecule has 1 unspecified atom stereocenters. The molecule has 1 aliphatic rings. The van der Waals surface area contributed by atoms with Crippen molar-refractivity contribution in [2.24, 2.45) is 0 Å². The van der Waals surface area contributed by atoms with E-state index in [0.717, 1.165) is 6.42 Å². The number of methoxy groups -OCH3 is 1. The molecule has 0 aromatic heterocycles. The highest BCUT2D eigenvalue weighted by Gasteiger charge is 2.31. The van der Waals surface area contributed by atoms with E-state index in [9.17, 15) is 9.50 Å². The Hall–Kier alpha value is -1.13. The first-order chi connectivity index (χ1) is 8.13. The second-order valence-electron chi connectivity index (χ2n) is 4.51. The molecule has 1 saturated heterocycles. The van der Waals surface area contributed by atoms with Gasteiger partial charge in [0.1, 0.15) is 11.6 Å². The Morgan fingerprint density at radius 1 is 1.53 bits per heavy atom. The van der Waals surface area contributed by atoms with Crippen LogP contribution < -0.4 is 4.74 Å². The van der Waals surface area contributed by atoms with Crippen molar-refractivity contribution in [1.29, 1.82) is 0 Å². The van der Waals surface area contributed by atoms with Gasteiger partial charge in [-0.25, -0.2) is 4.39 Å². The third-order valence-corrected chi connectivity index (χ3v) is 3.06. The number of rotatable bonds is 3. The SMILES string of the molecule is COc1ccc(F)cc1CC1(O)CCCOC1. The summed E-state index contributed by atoms with van der Waals surface area (Å²) < 4.78 is 23.6. The van der Waals surface area contributed by atoms with Gasteiger partial charge in [0, 0.05) is 13.0 Å². The van der Waals surface area contributed by atoms with Gasteiger partial charge in [0.15, 0.2) is 0 Å². The van der Waals surface area contributed by atoms with Gasteiger partial charge in [0.2, 0.25) is 0 Å².